The van der Waals surface area contributed by atoms with Gasteiger partial charge in [-0.2, -0.15) is 0 Å². The van der Waals surface area contributed by atoms with Gasteiger partial charge < -0.3 is 15.3 Å². The summed E-state index contributed by atoms with van der Waals surface area (Å²) in [6, 6.07) is 15.1. The average Bonchev–Trinajstić information content (AvgIpc) is 2.79. The van der Waals surface area contributed by atoms with Crippen LogP contribution in [0.5, 0.6) is 0 Å². The third-order valence-corrected chi connectivity index (χ3v) is 5.97. The zero-order chi connectivity index (χ0) is 24.6. The number of aromatic nitrogens is 1. The van der Waals surface area contributed by atoms with E-state index in [1.54, 1.807) is 18.2 Å². The van der Waals surface area contributed by atoms with Crippen LogP contribution in [0.15, 0.2) is 66.1 Å². The number of nitrogens with zero attached hydrogens (tertiary/aromatic N) is 2. The summed E-state index contributed by atoms with van der Waals surface area (Å²) in [7, 11) is 5.75. The molecule has 6 heteroatoms. The van der Waals surface area contributed by atoms with E-state index < -0.39 is 0 Å². The van der Waals surface area contributed by atoms with Gasteiger partial charge in [0.25, 0.3) is 0 Å². The number of hydrogen-bond acceptors (Lipinski definition) is 4. The number of aryl methyl sites for hydroxylation is 1. The molecule has 3 aromatic rings. The second-order valence-electron chi connectivity index (χ2n) is 9.26. The van der Waals surface area contributed by atoms with Gasteiger partial charge in [0.15, 0.2) is 12.0 Å². The van der Waals surface area contributed by atoms with Gasteiger partial charge in [-0.25, -0.2) is 4.57 Å². The molecule has 4 rings (SSSR count). The topological polar surface area (TPSA) is 76.4 Å². The monoisotopic (exact) mass is 455 g/mol. The van der Waals surface area contributed by atoms with E-state index in [1.807, 2.05) is 87.1 Å². The Morgan fingerprint density at radius 2 is 1.88 bits per heavy atom. The summed E-state index contributed by atoms with van der Waals surface area (Å²) in [5.41, 5.74) is 3.90. The Morgan fingerprint density at radius 3 is 2.56 bits per heavy atom. The molecule has 1 amide bonds. The molecule has 0 spiro atoms. The van der Waals surface area contributed by atoms with E-state index in [9.17, 15) is 14.7 Å². The lowest BCUT2D eigenvalue weighted by molar-refractivity contribution is -0.644. The van der Waals surface area contributed by atoms with Gasteiger partial charge in [0.05, 0.1) is 11.1 Å². The fourth-order valence-corrected chi connectivity index (χ4v) is 4.16. The lowest BCUT2D eigenvalue weighted by Gasteiger charge is -2.32. The number of pyridine rings is 1. The number of rotatable bonds is 6. The van der Waals surface area contributed by atoms with Crippen LogP contribution in [0.25, 0.3) is 22.6 Å². The third kappa shape index (κ3) is 4.31. The van der Waals surface area contributed by atoms with Gasteiger partial charge in [0, 0.05) is 55.0 Å². The van der Waals surface area contributed by atoms with Gasteiger partial charge in [-0.15, -0.1) is 0 Å². The SMILES string of the molecule is CC(C)CC(=O)Nc1cc(N(C)C)ccc1C1=C([O-])/C(=C/c2cc[n+](C)c3ccccc23)C1=O. The number of amides is 1. The van der Waals surface area contributed by atoms with E-state index in [2.05, 4.69) is 5.32 Å². The minimum atomic E-state index is -0.306. The van der Waals surface area contributed by atoms with Gasteiger partial charge in [0.1, 0.15) is 7.05 Å². The molecule has 1 aromatic heterocycles. The molecule has 0 saturated heterocycles. The second kappa shape index (κ2) is 9.14. The molecule has 0 radical (unpaired) electrons. The van der Waals surface area contributed by atoms with Crippen molar-refractivity contribution >= 4 is 45.6 Å². The summed E-state index contributed by atoms with van der Waals surface area (Å²) >= 11 is 0. The van der Waals surface area contributed by atoms with E-state index in [0.29, 0.717) is 17.7 Å². The standard InChI is InChI=1S/C28H29N3O3/c1-17(2)14-25(32)29-23-16-19(30(3)4)10-11-21(23)26-27(33)22(28(26)34)15-18-12-13-31(5)24-9-7-6-8-20(18)24/h6-13,15-17H,14H2,1-5H3,(H,33,34). The first-order valence-corrected chi connectivity index (χ1v) is 11.3. The minimum Gasteiger partial charge on any atom is -0.871 e. The molecular weight excluding hydrogens is 426 g/mol. The number of carbonyl (C=O) groups is 2. The number of anilines is 2. The zero-order valence-corrected chi connectivity index (χ0v) is 20.2. The minimum absolute atomic E-state index is 0.113. The number of para-hydroxylation sites is 1. The van der Waals surface area contributed by atoms with Crippen molar-refractivity contribution in [1.29, 1.82) is 0 Å². The van der Waals surface area contributed by atoms with E-state index in [0.717, 1.165) is 22.2 Å². The highest BCUT2D eigenvalue weighted by atomic mass is 16.3. The lowest BCUT2D eigenvalue weighted by atomic mass is 9.81. The molecule has 6 nitrogen and oxygen atoms in total. The Morgan fingerprint density at radius 1 is 1.15 bits per heavy atom. The Hall–Kier alpha value is -3.93. The van der Waals surface area contributed by atoms with Crippen LogP contribution in [0.1, 0.15) is 31.4 Å². The zero-order valence-electron chi connectivity index (χ0n) is 20.2. The second-order valence-corrected chi connectivity index (χ2v) is 9.26. The number of fused-ring (bicyclic) bond motifs is 1. The van der Waals surface area contributed by atoms with Crippen molar-refractivity contribution in [3.05, 3.63) is 77.2 Å². The first kappa shape index (κ1) is 23.2. The fourth-order valence-electron chi connectivity index (χ4n) is 4.16. The molecule has 174 valence electrons. The Balaban J connectivity index is 1.76. The molecule has 0 aliphatic heterocycles. The molecule has 1 aliphatic rings. The molecule has 34 heavy (non-hydrogen) atoms. The summed E-state index contributed by atoms with van der Waals surface area (Å²) in [6.45, 7) is 3.93. The van der Waals surface area contributed by atoms with Crippen LogP contribution in [0.3, 0.4) is 0 Å². The summed E-state index contributed by atoms with van der Waals surface area (Å²) < 4.78 is 2.00. The molecule has 1 N–H and O–H groups in total. The van der Waals surface area contributed by atoms with E-state index in [1.165, 1.54) is 0 Å². The summed E-state index contributed by atoms with van der Waals surface area (Å²) in [5.74, 6) is -0.568. The molecule has 0 saturated carbocycles. The van der Waals surface area contributed by atoms with Crippen LogP contribution in [0.2, 0.25) is 0 Å². The van der Waals surface area contributed by atoms with Gasteiger partial charge in [-0.3, -0.25) is 9.59 Å². The highest BCUT2D eigenvalue weighted by Gasteiger charge is 2.30. The van der Waals surface area contributed by atoms with Crippen molar-refractivity contribution in [2.24, 2.45) is 13.0 Å². The van der Waals surface area contributed by atoms with Gasteiger partial charge in [-0.1, -0.05) is 37.8 Å². The van der Waals surface area contributed by atoms with Gasteiger partial charge >= 0.3 is 0 Å². The first-order valence-electron chi connectivity index (χ1n) is 11.3. The van der Waals surface area contributed by atoms with Gasteiger partial charge in [0.2, 0.25) is 11.4 Å². The van der Waals surface area contributed by atoms with Crippen molar-refractivity contribution in [3.8, 4) is 0 Å². The number of nitrogens with one attached hydrogen (secondary N) is 1. The number of carbonyl (C=O) groups excluding carboxylic acids is 2. The number of hydrogen-bond donors (Lipinski definition) is 1. The van der Waals surface area contributed by atoms with Crippen LogP contribution >= 0.6 is 0 Å². The Bertz CT molecular complexity index is 1370. The highest BCUT2D eigenvalue weighted by molar-refractivity contribution is 6.41. The Kier molecular flexibility index (Phi) is 6.24. The van der Waals surface area contributed by atoms with Crippen molar-refractivity contribution in [3.63, 3.8) is 0 Å². The molecular formula is C28H29N3O3. The summed E-state index contributed by atoms with van der Waals surface area (Å²) in [4.78, 5) is 27.6. The molecule has 0 atom stereocenters. The average molecular weight is 456 g/mol. The van der Waals surface area contributed by atoms with E-state index >= 15 is 0 Å². The van der Waals surface area contributed by atoms with Crippen molar-refractivity contribution in [1.82, 2.24) is 0 Å². The summed E-state index contributed by atoms with van der Waals surface area (Å²) in [5, 5.41) is 17.0. The van der Waals surface area contributed by atoms with Crippen molar-refractivity contribution < 1.29 is 19.3 Å². The number of Topliss-reactive ketones (excluding diaryl/α,β-unsaturated/α-hetero) is 1. The predicted molar refractivity (Wildman–Crippen MR) is 134 cm³/mol. The van der Waals surface area contributed by atoms with Crippen LogP contribution in [0.4, 0.5) is 11.4 Å². The quantitative estimate of drug-likeness (QED) is 0.456. The van der Waals surface area contributed by atoms with Crippen molar-refractivity contribution in [2.45, 2.75) is 20.3 Å². The third-order valence-electron chi connectivity index (χ3n) is 5.97. The van der Waals surface area contributed by atoms with Crippen LogP contribution in [-0.2, 0) is 16.6 Å². The van der Waals surface area contributed by atoms with Crippen LogP contribution in [0, 0.1) is 5.92 Å². The highest BCUT2D eigenvalue weighted by Crippen LogP contribution is 2.40. The molecule has 1 heterocycles. The van der Waals surface area contributed by atoms with Crippen molar-refractivity contribution in [2.75, 3.05) is 24.3 Å². The normalized spacial score (nSPS) is 14.6. The first-order chi connectivity index (χ1) is 16.2. The largest absolute Gasteiger partial charge is 0.871 e. The number of ketones is 1. The summed E-state index contributed by atoms with van der Waals surface area (Å²) in [6.07, 6.45) is 3.93. The number of allylic oxidation sites excluding steroid dienone is 2. The maximum Gasteiger partial charge on any atom is 0.224 e. The molecule has 1 aliphatic carbocycles. The van der Waals surface area contributed by atoms with Gasteiger partial charge in [-0.05, 0) is 35.8 Å². The van der Waals surface area contributed by atoms with E-state index in [4.69, 9.17) is 0 Å². The molecule has 0 bridgehead atoms. The number of benzene rings is 2. The Labute approximate surface area is 199 Å². The molecule has 0 fully saturated rings. The molecule has 0 unspecified atom stereocenters. The van der Waals surface area contributed by atoms with Crippen LogP contribution in [-0.4, -0.2) is 25.8 Å². The smallest absolute Gasteiger partial charge is 0.224 e. The van der Waals surface area contributed by atoms with E-state index in [-0.39, 0.29) is 34.5 Å². The van der Waals surface area contributed by atoms with Crippen LogP contribution < -0.4 is 19.9 Å². The lowest BCUT2D eigenvalue weighted by Crippen LogP contribution is -2.30. The molecule has 2 aromatic carbocycles. The predicted octanol–water partition coefficient (Wildman–Crippen LogP) is 3.45. The maximum atomic E-state index is 13.2. The maximum absolute atomic E-state index is 13.2. The fraction of sp³-hybridized carbons (Fsp3) is 0.250.